The van der Waals surface area contributed by atoms with E-state index in [1.807, 2.05) is 6.92 Å². The number of hydrogen-bond donors (Lipinski definition) is 0. The van der Waals surface area contributed by atoms with E-state index in [9.17, 15) is 9.59 Å². The largest absolute Gasteiger partial charge is 0.448 e. The average molecular weight is 274 g/mol. The lowest BCUT2D eigenvalue weighted by molar-refractivity contribution is -0.130. The summed E-state index contributed by atoms with van der Waals surface area (Å²) in [6.45, 7) is 1.84. The van der Waals surface area contributed by atoms with Crippen molar-refractivity contribution in [3.63, 3.8) is 0 Å². The highest BCUT2D eigenvalue weighted by atomic mass is 16.5. The first-order chi connectivity index (χ1) is 9.65. The molecule has 1 aliphatic carbocycles. The third kappa shape index (κ3) is 2.26. The van der Waals surface area contributed by atoms with Crippen molar-refractivity contribution in [3.8, 4) is 0 Å². The van der Waals surface area contributed by atoms with Gasteiger partial charge in [-0.25, -0.2) is 14.3 Å². The number of hydrogen-bond acceptors (Lipinski definition) is 6. The van der Waals surface area contributed by atoms with Crippen molar-refractivity contribution in [2.75, 3.05) is 0 Å². The molecular formula is C13H14N4O3. The second kappa shape index (κ2) is 4.99. The van der Waals surface area contributed by atoms with Gasteiger partial charge in [-0.1, -0.05) is 0 Å². The van der Waals surface area contributed by atoms with E-state index in [0.717, 1.165) is 18.5 Å². The fraction of sp³-hybridized carbons (Fsp3) is 0.462. The van der Waals surface area contributed by atoms with E-state index in [1.165, 1.54) is 4.52 Å². The minimum atomic E-state index is -0.671. The molecule has 2 aromatic rings. The smallest absolute Gasteiger partial charge is 0.379 e. The zero-order valence-corrected chi connectivity index (χ0v) is 11.1. The van der Waals surface area contributed by atoms with E-state index in [1.54, 1.807) is 12.3 Å². The maximum atomic E-state index is 12.0. The molecule has 0 bridgehead atoms. The van der Waals surface area contributed by atoms with Gasteiger partial charge in [0, 0.05) is 18.3 Å². The Kier molecular flexibility index (Phi) is 3.17. The number of nitrogens with zero attached hydrogens (tertiary/aromatic N) is 4. The highest BCUT2D eigenvalue weighted by molar-refractivity contribution is 5.90. The summed E-state index contributed by atoms with van der Waals surface area (Å²) in [5.74, 6) is -0.421. The molecule has 104 valence electrons. The van der Waals surface area contributed by atoms with Crippen molar-refractivity contribution in [3.05, 3.63) is 23.8 Å². The molecule has 0 saturated heterocycles. The number of ketones is 1. The number of esters is 1. The Labute approximate surface area is 115 Å². The van der Waals surface area contributed by atoms with Crippen LogP contribution in [0.2, 0.25) is 0 Å². The second-order valence-electron chi connectivity index (χ2n) is 4.84. The summed E-state index contributed by atoms with van der Waals surface area (Å²) in [5.41, 5.74) is 0.815. The Bertz CT molecular complexity index is 679. The van der Waals surface area contributed by atoms with Crippen LogP contribution in [0.15, 0.2) is 12.3 Å². The summed E-state index contributed by atoms with van der Waals surface area (Å²) in [6.07, 6.45) is 3.74. The molecule has 0 radical (unpaired) electrons. The highest BCUT2D eigenvalue weighted by Crippen LogP contribution is 2.18. The van der Waals surface area contributed by atoms with Crippen molar-refractivity contribution >= 4 is 17.5 Å². The number of fused-ring (bicyclic) bond motifs is 1. The van der Waals surface area contributed by atoms with E-state index in [2.05, 4.69) is 15.1 Å². The number of aromatic nitrogens is 4. The fourth-order valence-electron chi connectivity index (χ4n) is 2.25. The van der Waals surface area contributed by atoms with E-state index in [4.69, 9.17) is 4.74 Å². The van der Waals surface area contributed by atoms with E-state index in [-0.39, 0.29) is 11.6 Å². The van der Waals surface area contributed by atoms with Crippen molar-refractivity contribution in [2.24, 2.45) is 0 Å². The van der Waals surface area contributed by atoms with Gasteiger partial charge < -0.3 is 4.74 Å². The molecule has 7 nitrogen and oxygen atoms in total. The van der Waals surface area contributed by atoms with Crippen LogP contribution < -0.4 is 0 Å². The van der Waals surface area contributed by atoms with Crippen LogP contribution in [-0.2, 0) is 9.53 Å². The van der Waals surface area contributed by atoms with Gasteiger partial charge in [-0.3, -0.25) is 4.79 Å². The maximum absolute atomic E-state index is 12.0. The minimum absolute atomic E-state index is 0.0253. The van der Waals surface area contributed by atoms with Crippen LogP contribution in [-0.4, -0.2) is 37.4 Å². The molecule has 2 aromatic heterocycles. The minimum Gasteiger partial charge on any atom is -0.448 e. The summed E-state index contributed by atoms with van der Waals surface area (Å²) in [6, 6.07) is 1.77. The standard InChI is InChI=1S/C13H14N4O3/c1-8-6-7-14-13-15-11(16-17(8)13)12(19)20-10-5-3-2-4-9(10)18/h6-7,10H,2-5H2,1H3. The van der Waals surface area contributed by atoms with Gasteiger partial charge in [0.2, 0.25) is 0 Å². The topological polar surface area (TPSA) is 86.5 Å². The van der Waals surface area contributed by atoms with Gasteiger partial charge in [-0.05, 0) is 32.3 Å². The van der Waals surface area contributed by atoms with Gasteiger partial charge in [-0.15, -0.1) is 5.10 Å². The zero-order chi connectivity index (χ0) is 14.1. The molecule has 2 heterocycles. The van der Waals surface area contributed by atoms with E-state index < -0.39 is 12.1 Å². The van der Waals surface area contributed by atoms with Crippen molar-refractivity contribution in [1.29, 1.82) is 0 Å². The van der Waals surface area contributed by atoms with Crippen LogP contribution >= 0.6 is 0 Å². The molecule has 1 saturated carbocycles. The third-order valence-electron chi connectivity index (χ3n) is 3.36. The molecule has 3 rings (SSSR count). The molecule has 7 heteroatoms. The molecule has 1 atom stereocenters. The van der Waals surface area contributed by atoms with Crippen LogP contribution in [0.1, 0.15) is 42.0 Å². The number of Topliss-reactive ketones (excluding diaryl/α,β-unsaturated/α-hetero) is 1. The van der Waals surface area contributed by atoms with Crippen LogP contribution in [0, 0.1) is 6.92 Å². The van der Waals surface area contributed by atoms with Gasteiger partial charge in [0.05, 0.1) is 0 Å². The molecule has 20 heavy (non-hydrogen) atoms. The summed E-state index contributed by atoms with van der Waals surface area (Å²) in [7, 11) is 0. The summed E-state index contributed by atoms with van der Waals surface area (Å²) in [5, 5.41) is 4.06. The Morgan fingerprint density at radius 3 is 3.05 bits per heavy atom. The predicted octanol–water partition coefficient (Wildman–Crippen LogP) is 1.10. The maximum Gasteiger partial charge on any atom is 0.379 e. The van der Waals surface area contributed by atoms with Crippen LogP contribution in [0.3, 0.4) is 0 Å². The first-order valence-electron chi connectivity index (χ1n) is 6.57. The van der Waals surface area contributed by atoms with Crippen LogP contribution in [0.4, 0.5) is 0 Å². The molecule has 0 spiro atoms. The Morgan fingerprint density at radius 1 is 1.45 bits per heavy atom. The number of aryl methyl sites for hydroxylation is 1. The fourth-order valence-corrected chi connectivity index (χ4v) is 2.25. The molecule has 1 unspecified atom stereocenters. The van der Waals surface area contributed by atoms with Crippen molar-refractivity contribution < 1.29 is 14.3 Å². The average Bonchev–Trinajstić information content (AvgIpc) is 2.87. The normalized spacial score (nSPS) is 19.2. The quantitative estimate of drug-likeness (QED) is 0.762. The molecule has 0 aliphatic heterocycles. The predicted molar refractivity (Wildman–Crippen MR) is 68.2 cm³/mol. The van der Waals surface area contributed by atoms with Gasteiger partial charge in [-0.2, -0.15) is 4.98 Å². The monoisotopic (exact) mass is 274 g/mol. The lowest BCUT2D eigenvalue weighted by Gasteiger charge is -2.19. The summed E-state index contributed by atoms with van der Waals surface area (Å²) < 4.78 is 6.68. The van der Waals surface area contributed by atoms with Crippen molar-refractivity contribution in [2.45, 2.75) is 38.7 Å². The van der Waals surface area contributed by atoms with Gasteiger partial charge in [0.1, 0.15) is 0 Å². The molecule has 0 aromatic carbocycles. The van der Waals surface area contributed by atoms with Crippen LogP contribution in [0.5, 0.6) is 0 Å². The molecule has 1 aliphatic rings. The third-order valence-corrected chi connectivity index (χ3v) is 3.36. The van der Waals surface area contributed by atoms with Crippen molar-refractivity contribution in [1.82, 2.24) is 19.6 Å². The van der Waals surface area contributed by atoms with Gasteiger partial charge in [0.15, 0.2) is 11.9 Å². The number of rotatable bonds is 2. The number of carbonyl (C=O) groups is 2. The first-order valence-corrected chi connectivity index (χ1v) is 6.57. The zero-order valence-electron chi connectivity index (χ0n) is 11.1. The number of carbonyl (C=O) groups excluding carboxylic acids is 2. The number of ether oxygens (including phenoxy) is 1. The van der Waals surface area contributed by atoms with E-state index in [0.29, 0.717) is 18.6 Å². The molecule has 0 amide bonds. The Balaban J connectivity index is 1.82. The molecular weight excluding hydrogens is 260 g/mol. The molecule has 1 fully saturated rings. The second-order valence-corrected chi connectivity index (χ2v) is 4.84. The Morgan fingerprint density at radius 2 is 2.30 bits per heavy atom. The highest BCUT2D eigenvalue weighted by Gasteiger charge is 2.28. The first kappa shape index (κ1) is 12.7. The lowest BCUT2D eigenvalue weighted by Crippen LogP contribution is -2.30. The van der Waals surface area contributed by atoms with Crippen LogP contribution in [0.25, 0.3) is 5.78 Å². The lowest BCUT2D eigenvalue weighted by atomic mass is 9.96. The van der Waals surface area contributed by atoms with E-state index >= 15 is 0 Å². The Hall–Kier alpha value is -2.31. The summed E-state index contributed by atoms with van der Waals surface area (Å²) >= 11 is 0. The molecule has 0 N–H and O–H groups in total. The summed E-state index contributed by atoms with van der Waals surface area (Å²) in [4.78, 5) is 31.7. The van der Waals surface area contributed by atoms with Gasteiger partial charge >= 0.3 is 5.97 Å². The van der Waals surface area contributed by atoms with Gasteiger partial charge in [0.25, 0.3) is 11.6 Å². The SMILES string of the molecule is Cc1ccnc2nc(C(=O)OC3CCCCC3=O)nn12.